The topological polar surface area (TPSA) is 71.5 Å². The molecule has 12 heteroatoms. The lowest BCUT2D eigenvalue weighted by Crippen LogP contribution is -2.47. The highest BCUT2D eigenvalue weighted by Gasteiger charge is 2.48. The van der Waals surface area contributed by atoms with Crippen molar-refractivity contribution in [1.82, 2.24) is 9.80 Å². The number of alkyl halides is 3. The molecule has 0 unspecified atom stereocenters. The zero-order chi connectivity index (χ0) is 32.9. The molecular weight excluding hydrogens is 656 g/mol. The number of benzene rings is 2. The summed E-state index contributed by atoms with van der Waals surface area (Å²) in [6, 6.07) is 15.7. The Balaban J connectivity index is 0.00000384. The van der Waals surface area contributed by atoms with Crippen molar-refractivity contribution in [3.8, 4) is 11.5 Å². The molecule has 7 nitrogen and oxygen atoms in total. The van der Waals surface area contributed by atoms with Gasteiger partial charge in [-0.05, 0) is 102 Å². The first-order valence-electron chi connectivity index (χ1n) is 15.9. The standard InChI is InChI=1S/C35H49F3N2O5.2ClH/c1-32(2,35(36,37)38)25-40(20-16-34(17-21-44-33(3,4)24-34)27-8-12-28(43-5)13-9-27)22-26-6-10-29(11-7-26)45-30-14-18-39(19-15-30)23-31(41)42;;/h6-13,30H,14-25H2,1-5H3,(H,41,42);2*1H/t34-;;/m1../s1. The number of carbonyl (C=O) groups is 1. The Hall–Kier alpha value is -2.24. The zero-order valence-electron chi connectivity index (χ0n) is 28.1. The molecule has 2 aromatic rings. The second-order valence-electron chi connectivity index (χ2n) is 14.0. The molecule has 0 saturated carbocycles. The third kappa shape index (κ3) is 11.4. The van der Waals surface area contributed by atoms with Gasteiger partial charge in [0.25, 0.3) is 0 Å². The predicted octanol–water partition coefficient (Wildman–Crippen LogP) is 7.77. The van der Waals surface area contributed by atoms with Crippen LogP contribution in [0, 0.1) is 5.41 Å². The van der Waals surface area contributed by atoms with Gasteiger partial charge in [0.2, 0.25) is 0 Å². The maximum absolute atomic E-state index is 14.1. The molecule has 2 saturated heterocycles. The van der Waals surface area contributed by atoms with E-state index >= 15 is 0 Å². The predicted molar refractivity (Wildman–Crippen MR) is 182 cm³/mol. The van der Waals surface area contributed by atoms with Gasteiger partial charge in [0.15, 0.2) is 0 Å². The summed E-state index contributed by atoms with van der Waals surface area (Å²) in [6.45, 7) is 9.42. The minimum atomic E-state index is -4.34. The Morgan fingerprint density at radius 3 is 2.15 bits per heavy atom. The molecule has 4 rings (SSSR count). The number of likely N-dealkylation sites (tertiary alicyclic amines) is 1. The summed E-state index contributed by atoms with van der Waals surface area (Å²) in [4.78, 5) is 14.8. The number of hydrogen-bond donors (Lipinski definition) is 1. The van der Waals surface area contributed by atoms with E-state index in [9.17, 15) is 18.0 Å². The first-order chi connectivity index (χ1) is 21.1. The number of aliphatic carboxylic acids is 1. The largest absolute Gasteiger partial charge is 0.497 e. The first kappa shape index (κ1) is 40.9. The maximum Gasteiger partial charge on any atom is 0.395 e. The van der Waals surface area contributed by atoms with Crippen molar-refractivity contribution in [1.29, 1.82) is 0 Å². The van der Waals surface area contributed by atoms with Crippen molar-refractivity contribution in [3.05, 3.63) is 59.7 Å². The van der Waals surface area contributed by atoms with E-state index in [1.807, 2.05) is 46.2 Å². The number of nitrogens with zero attached hydrogens (tertiary/aromatic N) is 2. The number of halogens is 5. The van der Waals surface area contributed by atoms with E-state index in [1.165, 1.54) is 13.8 Å². The molecule has 2 aliphatic rings. The van der Waals surface area contributed by atoms with Crippen LogP contribution in [0.1, 0.15) is 70.9 Å². The first-order valence-corrected chi connectivity index (χ1v) is 15.9. The minimum absolute atomic E-state index is 0. The van der Waals surface area contributed by atoms with E-state index in [1.54, 1.807) is 7.11 Å². The number of hydrogen-bond acceptors (Lipinski definition) is 6. The van der Waals surface area contributed by atoms with Crippen LogP contribution in [0.5, 0.6) is 11.5 Å². The van der Waals surface area contributed by atoms with Crippen LogP contribution in [-0.4, -0.2) is 85.2 Å². The summed E-state index contributed by atoms with van der Waals surface area (Å²) >= 11 is 0. The number of piperidine rings is 1. The monoisotopic (exact) mass is 706 g/mol. The minimum Gasteiger partial charge on any atom is -0.497 e. The van der Waals surface area contributed by atoms with Crippen LogP contribution < -0.4 is 9.47 Å². The second-order valence-corrected chi connectivity index (χ2v) is 14.0. The highest BCUT2D eigenvalue weighted by Crippen LogP contribution is 2.45. The summed E-state index contributed by atoms with van der Waals surface area (Å²) < 4.78 is 59.9. The Morgan fingerprint density at radius 2 is 1.62 bits per heavy atom. The van der Waals surface area contributed by atoms with Crippen LogP contribution in [-0.2, 0) is 21.5 Å². The fourth-order valence-corrected chi connectivity index (χ4v) is 6.76. The highest BCUT2D eigenvalue weighted by molar-refractivity contribution is 5.85. The molecule has 47 heavy (non-hydrogen) atoms. The Morgan fingerprint density at radius 1 is 1.02 bits per heavy atom. The van der Waals surface area contributed by atoms with Crippen LogP contribution in [0.15, 0.2) is 48.5 Å². The summed E-state index contributed by atoms with van der Waals surface area (Å²) in [5.74, 6) is 0.649. The van der Waals surface area contributed by atoms with Gasteiger partial charge in [0.1, 0.15) is 17.6 Å². The number of ether oxygens (including phenoxy) is 3. The van der Waals surface area contributed by atoms with E-state index in [0.717, 1.165) is 42.6 Å². The lowest BCUT2D eigenvalue weighted by Gasteiger charge is -2.46. The van der Waals surface area contributed by atoms with Crippen molar-refractivity contribution in [2.24, 2.45) is 5.41 Å². The second kappa shape index (κ2) is 16.9. The molecular formula is C35H51Cl2F3N2O5. The molecule has 2 aliphatic heterocycles. The molecule has 1 atom stereocenters. The maximum atomic E-state index is 14.1. The molecule has 0 bridgehead atoms. The van der Waals surface area contributed by atoms with Crippen LogP contribution in [0.25, 0.3) is 0 Å². The Labute approximate surface area is 289 Å². The molecule has 2 aromatic carbocycles. The molecule has 2 heterocycles. The average Bonchev–Trinajstić information content (AvgIpc) is 2.96. The Bertz CT molecular complexity index is 1250. The fourth-order valence-electron chi connectivity index (χ4n) is 6.76. The van der Waals surface area contributed by atoms with Gasteiger partial charge in [-0.2, -0.15) is 13.2 Å². The molecule has 266 valence electrons. The van der Waals surface area contributed by atoms with Gasteiger partial charge in [-0.25, -0.2) is 0 Å². The molecule has 0 spiro atoms. The quantitative estimate of drug-likeness (QED) is 0.228. The van der Waals surface area contributed by atoms with Crippen LogP contribution in [0.2, 0.25) is 0 Å². The van der Waals surface area contributed by atoms with Gasteiger partial charge < -0.3 is 19.3 Å². The smallest absolute Gasteiger partial charge is 0.395 e. The fraction of sp³-hybridized carbons (Fsp3) is 0.629. The molecule has 0 aromatic heterocycles. The molecule has 0 radical (unpaired) electrons. The summed E-state index contributed by atoms with van der Waals surface area (Å²) in [7, 11) is 1.63. The zero-order valence-corrected chi connectivity index (χ0v) is 29.7. The number of carboxylic acids is 1. The van der Waals surface area contributed by atoms with Gasteiger partial charge >= 0.3 is 12.1 Å². The summed E-state index contributed by atoms with van der Waals surface area (Å²) in [6.07, 6.45) is -0.591. The van der Waals surface area contributed by atoms with Gasteiger partial charge in [-0.1, -0.05) is 24.3 Å². The lowest BCUT2D eigenvalue weighted by atomic mass is 9.67. The van der Waals surface area contributed by atoms with Crippen LogP contribution in [0.4, 0.5) is 13.2 Å². The van der Waals surface area contributed by atoms with E-state index in [0.29, 0.717) is 45.0 Å². The van der Waals surface area contributed by atoms with Gasteiger partial charge in [-0.3, -0.25) is 14.6 Å². The SMILES string of the molecule is COc1ccc([C@]2(CCN(Cc3ccc(OC4CCN(CC(=O)O)CC4)cc3)CC(C)(C)C(F)(F)F)CCOC(C)(C)C2)cc1.Cl.Cl. The van der Waals surface area contributed by atoms with Crippen molar-refractivity contribution < 1.29 is 37.3 Å². The summed E-state index contributed by atoms with van der Waals surface area (Å²) in [5.41, 5.74) is -0.399. The lowest BCUT2D eigenvalue weighted by molar-refractivity contribution is -0.217. The van der Waals surface area contributed by atoms with Gasteiger partial charge in [0, 0.05) is 38.2 Å². The molecule has 1 N–H and O–H groups in total. The van der Waals surface area contributed by atoms with Crippen LogP contribution >= 0.6 is 24.8 Å². The third-order valence-electron chi connectivity index (χ3n) is 9.36. The van der Waals surface area contributed by atoms with Gasteiger partial charge in [0.05, 0.1) is 24.7 Å². The molecule has 0 amide bonds. The van der Waals surface area contributed by atoms with E-state index < -0.39 is 17.6 Å². The molecule has 2 fully saturated rings. The van der Waals surface area contributed by atoms with Crippen molar-refractivity contribution >= 4 is 30.8 Å². The summed E-state index contributed by atoms with van der Waals surface area (Å²) in [5, 5.41) is 9.02. The van der Waals surface area contributed by atoms with Crippen molar-refractivity contribution in [2.75, 3.05) is 46.4 Å². The number of rotatable bonds is 13. The highest BCUT2D eigenvalue weighted by atomic mass is 35.5. The van der Waals surface area contributed by atoms with E-state index in [4.69, 9.17) is 19.3 Å². The van der Waals surface area contributed by atoms with Crippen molar-refractivity contribution in [3.63, 3.8) is 0 Å². The van der Waals surface area contributed by atoms with Crippen LogP contribution in [0.3, 0.4) is 0 Å². The Kier molecular flexibility index (Phi) is 14.7. The normalized spacial score (nSPS) is 20.6. The number of carboxylic acid groups (broad SMARTS) is 1. The van der Waals surface area contributed by atoms with Crippen molar-refractivity contribution in [2.45, 2.75) is 89.6 Å². The number of methoxy groups -OCH3 is 1. The molecule has 0 aliphatic carbocycles. The van der Waals surface area contributed by atoms with E-state index in [-0.39, 0.29) is 55.0 Å². The third-order valence-corrected chi connectivity index (χ3v) is 9.36. The van der Waals surface area contributed by atoms with Gasteiger partial charge in [-0.15, -0.1) is 24.8 Å². The average molecular weight is 708 g/mol. The van der Waals surface area contributed by atoms with E-state index in [2.05, 4.69) is 26.0 Å².